The van der Waals surface area contributed by atoms with Crippen molar-refractivity contribution in [1.82, 2.24) is 5.06 Å². The van der Waals surface area contributed by atoms with E-state index in [4.69, 9.17) is 4.84 Å². The quantitative estimate of drug-likeness (QED) is 0.379. The summed E-state index contributed by atoms with van der Waals surface area (Å²) >= 11 is 0. The van der Waals surface area contributed by atoms with Crippen LogP contribution in [0.4, 0.5) is 0 Å². The predicted octanol–water partition coefficient (Wildman–Crippen LogP) is 0.816. The fraction of sp³-hybridized carbons (Fsp3) is 0.833. The zero-order valence-electron chi connectivity index (χ0n) is 16.0. The topological polar surface area (TPSA) is 46.6 Å². The van der Waals surface area contributed by atoms with Crippen LogP contribution in [0.15, 0.2) is 0 Å². The number of hydroxylamine groups is 2. The summed E-state index contributed by atoms with van der Waals surface area (Å²) in [5.74, 6) is 1.81. The molecule has 0 heterocycles. The first-order valence-corrected chi connectivity index (χ1v) is 8.33. The fourth-order valence-corrected chi connectivity index (χ4v) is 3.31. The zero-order valence-corrected chi connectivity index (χ0v) is 19.0. The van der Waals surface area contributed by atoms with Crippen molar-refractivity contribution >= 4 is 34.7 Å². The van der Waals surface area contributed by atoms with Gasteiger partial charge in [-0.2, -0.15) is 0 Å². The van der Waals surface area contributed by atoms with Gasteiger partial charge in [-0.15, -0.1) is 0 Å². The van der Waals surface area contributed by atoms with Gasteiger partial charge >= 0.3 is 23.1 Å². The number of hydrogen-bond donors (Lipinski definition) is 0. The molecule has 0 unspecified atom stereocenters. The summed E-state index contributed by atoms with van der Waals surface area (Å²) in [6.45, 7) is 1.69. The van der Waals surface area contributed by atoms with Gasteiger partial charge in [0.05, 0.1) is 7.11 Å². The van der Waals surface area contributed by atoms with Crippen molar-refractivity contribution in [3.05, 3.63) is 7.43 Å². The van der Waals surface area contributed by atoms with Gasteiger partial charge in [-0.25, -0.2) is 5.06 Å². The molecule has 0 spiro atoms. The summed E-state index contributed by atoms with van der Waals surface area (Å²) in [5.41, 5.74) is 0. The van der Waals surface area contributed by atoms with E-state index in [0.29, 0.717) is 18.1 Å². The Kier molecular flexibility index (Phi) is 20.4. The van der Waals surface area contributed by atoms with Gasteiger partial charge in [0.2, 0.25) is 5.91 Å². The molecule has 24 heavy (non-hydrogen) atoms. The minimum absolute atomic E-state index is 0. The minimum atomic E-state index is 0. The second-order valence-electron chi connectivity index (χ2n) is 6.49. The maximum absolute atomic E-state index is 11.3. The Bertz CT molecular complexity index is 330. The van der Waals surface area contributed by atoms with Crippen LogP contribution < -0.4 is 17.0 Å². The third-order valence-corrected chi connectivity index (χ3v) is 4.61. The smallest absolute Gasteiger partial charge is 1.00 e. The third-order valence-electron chi connectivity index (χ3n) is 4.61. The summed E-state index contributed by atoms with van der Waals surface area (Å²) in [7, 11) is 3.18. The second kappa shape index (κ2) is 16.8. The van der Waals surface area contributed by atoms with Crippen LogP contribution in [0.2, 0.25) is 0 Å². The predicted molar refractivity (Wildman–Crippen MR) is 95.8 cm³/mol. The van der Waals surface area contributed by atoms with Crippen LogP contribution in [0.25, 0.3) is 0 Å². The van der Waals surface area contributed by atoms with Crippen LogP contribution in [0, 0.1) is 19.3 Å². The number of Topliss-reactive ketones (excluding diaryl/α,β-unsaturated/α-hetero) is 1. The largest absolute Gasteiger partial charge is 2.00 e. The fourth-order valence-electron chi connectivity index (χ4n) is 3.31. The Labute approximate surface area is 175 Å². The monoisotopic (exact) mass is 415 g/mol. The number of hydrogen-bond acceptors (Lipinski definition) is 3. The number of nitrogens with zero attached hydrogens (tertiary/aromatic N) is 1. The zero-order chi connectivity index (χ0) is 15.7. The normalized spacial score (nSPS) is 16.8. The molecule has 2 fully saturated rings. The second-order valence-corrected chi connectivity index (χ2v) is 6.49. The van der Waals surface area contributed by atoms with Crippen molar-refractivity contribution in [2.45, 2.75) is 71.1 Å². The molecule has 2 saturated carbocycles. The number of halogens is 1. The van der Waals surface area contributed by atoms with Gasteiger partial charge < -0.3 is 29.2 Å². The van der Waals surface area contributed by atoms with Gasteiger partial charge in [-0.3, -0.25) is 9.63 Å². The van der Waals surface area contributed by atoms with E-state index in [9.17, 15) is 9.59 Å². The van der Waals surface area contributed by atoms with Gasteiger partial charge in [0.25, 0.3) is 0 Å². The Morgan fingerprint density at radius 3 is 1.67 bits per heavy atom. The molecule has 2 aliphatic rings. The summed E-state index contributed by atoms with van der Waals surface area (Å²) in [5, 5.41) is 1.32. The number of carbonyl (C=O) groups is 2. The minimum Gasteiger partial charge on any atom is -1.00 e. The van der Waals surface area contributed by atoms with E-state index in [1.54, 1.807) is 14.0 Å². The molecule has 0 aromatic carbocycles. The van der Waals surface area contributed by atoms with Crippen molar-refractivity contribution in [2.75, 3.05) is 14.2 Å². The van der Waals surface area contributed by atoms with E-state index < -0.39 is 0 Å². The standard InChI is InChI=1S/C9H17NO2.C8H14O.CH3.BrH.Mg/c1-10(12-2)9(11)7-8-5-3-4-6-8;1-7(9)6-8-4-2-3-5-8;;;/h8H,3-7H2,1-2H3;8H,2-6H2,1H3;1H3;1H;/q;;-1;;+2/p-1. The van der Waals surface area contributed by atoms with Crippen LogP contribution in [0.5, 0.6) is 0 Å². The number of amides is 1. The van der Waals surface area contributed by atoms with Gasteiger partial charge in [-0.05, 0) is 31.6 Å². The van der Waals surface area contributed by atoms with Crippen LogP contribution >= 0.6 is 0 Å². The summed E-state index contributed by atoms with van der Waals surface area (Å²) in [4.78, 5) is 26.7. The molecular weight excluding hydrogens is 382 g/mol. The van der Waals surface area contributed by atoms with Crippen LogP contribution in [-0.2, 0) is 14.4 Å². The van der Waals surface area contributed by atoms with Crippen LogP contribution in [0.1, 0.15) is 71.1 Å². The first-order valence-electron chi connectivity index (χ1n) is 8.33. The Morgan fingerprint density at radius 2 is 1.33 bits per heavy atom. The first kappa shape index (κ1) is 29.1. The van der Waals surface area contributed by atoms with Crippen molar-refractivity contribution in [2.24, 2.45) is 11.8 Å². The Balaban J connectivity index is -0.000000336. The summed E-state index contributed by atoms with van der Waals surface area (Å²) in [6, 6.07) is 0. The van der Waals surface area contributed by atoms with Crippen molar-refractivity contribution < 1.29 is 31.4 Å². The molecule has 2 rings (SSSR count). The number of carbonyl (C=O) groups excluding carboxylic acids is 2. The molecule has 0 atom stereocenters. The van der Waals surface area contributed by atoms with Crippen molar-refractivity contribution in [3.63, 3.8) is 0 Å². The van der Waals surface area contributed by atoms with E-state index in [0.717, 1.165) is 12.3 Å². The van der Waals surface area contributed by atoms with E-state index in [1.165, 1.54) is 63.5 Å². The van der Waals surface area contributed by atoms with Crippen LogP contribution in [0.3, 0.4) is 0 Å². The summed E-state index contributed by atoms with van der Waals surface area (Å²) in [6.07, 6.45) is 11.8. The van der Waals surface area contributed by atoms with E-state index in [2.05, 4.69) is 0 Å². The molecule has 0 saturated heterocycles. The maximum atomic E-state index is 11.3. The molecule has 0 aromatic rings. The SMILES string of the molecule is CC(=O)CC1CCCC1.CON(C)C(=O)CC1CCCC1.[Br-].[CH3-].[Mg+2]. The Morgan fingerprint density at radius 1 is 0.958 bits per heavy atom. The molecule has 4 nitrogen and oxygen atoms in total. The molecule has 6 heteroatoms. The van der Waals surface area contributed by atoms with Gasteiger partial charge in [0.1, 0.15) is 5.78 Å². The molecule has 138 valence electrons. The van der Waals surface area contributed by atoms with Crippen molar-refractivity contribution in [1.29, 1.82) is 0 Å². The van der Waals surface area contributed by atoms with Gasteiger partial charge in [0, 0.05) is 19.9 Å². The van der Waals surface area contributed by atoms with Gasteiger partial charge in [0.15, 0.2) is 0 Å². The first-order chi connectivity index (χ1) is 10.0. The molecule has 0 N–H and O–H groups in total. The number of rotatable bonds is 5. The van der Waals surface area contributed by atoms with Gasteiger partial charge in [-0.1, -0.05) is 38.5 Å². The average molecular weight is 417 g/mol. The van der Waals surface area contributed by atoms with Crippen molar-refractivity contribution in [3.8, 4) is 0 Å². The molecule has 0 radical (unpaired) electrons. The number of ketones is 1. The summed E-state index contributed by atoms with van der Waals surface area (Å²) < 4.78 is 0. The Hall–Kier alpha value is 0.346. The van der Waals surface area contributed by atoms with E-state index in [1.807, 2.05) is 0 Å². The molecule has 0 bridgehead atoms. The molecule has 1 amide bonds. The molecule has 0 aromatic heterocycles. The molecular formula is C18H34BrMgNO3. The maximum Gasteiger partial charge on any atom is 2.00 e. The van der Waals surface area contributed by atoms with E-state index in [-0.39, 0.29) is 53.4 Å². The third kappa shape index (κ3) is 12.7. The van der Waals surface area contributed by atoms with Crippen LogP contribution in [-0.4, -0.2) is 54.0 Å². The van der Waals surface area contributed by atoms with E-state index >= 15 is 0 Å². The molecule has 0 aliphatic heterocycles. The average Bonchev–Trinajstić information content (AvgIpc) is 3.11. The molecule has 2 aliphatic carbocycles.